The molecule has 3 heteroatoms. The molecule has 20 heavy (non-hydrogen) atoms. The molecule has 0 aromatic heterocycles. The highest BCUT2D eigenvalue weighted by Crippen LogP contribution is 2.27. The molecular formula is C17H28NO2+. The third kappa shape index (κ3) is 4.50. The van der Waals surface area contributed by atoms with Gasteiger partial charge in [0.15, 0.2) is 0 Å². The molecule has 1 atom stereocenters. The molecule has 0 bridgehead atoms. The highest BCUT2D eigenvalue weighted by molar-refractivity contribution is 5.39. The molecule has 1 fully saturated rings. The van der Waals surface area contributed by atoms with Crippen LogP contribution in [0.3, 0.4) is 0 Å². The van der Waals surface area contributed by atoms with Crippen LogP contribution in [-0.4, -0.2) is 32.4 Å². The molecule has 3 nitrogen and oxygen atoms in total. The van der Waals surface area contributed by atoms with E-state index >= 15 is 0 Å². The summed E-state index contributed by atoms with van der Waals surface area (Å²) in [6, 6.07) is 6.49. The van der Waals surface area contributed by atoms with Gasteiger partial charge in [-0.1, -0.05) is 26.0 Å². The zero-order valence-corrected chi connectivity index (χ0v) is 13.0. The van der Waals surface area contributed by atoms with Gasteiger partial charge in [-0.25, -0.2) is 0 Å². The Hall–Kier alpha value is -1.06. The van der Waals surface area contributed by atoms with Gasteiger partial charge >= 0.3 is 0 Å². The monoisotopic (exact) mass is 278 g/mol. The Labute approximate surface area is 122 Å². The Balaban J connectivity index is 1.74. The zero-order chi connectivity index (χ0) is 14.4. The van der Waals surface area contributed by atoms with E-state index in [0.29, 0.717) is 12.0 Å². The number of aryl methyl sites for hydroxylation is 1. The maximum absolute atomic E-state index is 5.97. The third-order valence-corrected chi connectivity index (χ3v) is 3.82. The molecule has 0 unspecified atom stereocenters. The third-order valence-electron chi connectivity index (χ3n) is 3.82. The predicted molar refractivity (Wildman–Crippen MR) is 81.4 cm³/mol. The summed E-state index contributed by atoms with van der Waals surface area (Å²) in [5.41, 5.74) is 2.56. The van der Waals surface area contributed by atoms with Crippen molar-refractivity contribution in [3.8, 4) is 5.75 Å². The van der Waals surface area contributed by atoms with Crippen LogP contribution in [0.1, 0.15) is 43.7 Å². The quantitative estimate of drug-likeness (QED) is 0.776. The van der Waals surface area contributed by atoms with E-state index in [1.54, 1.807) is 0 Å². The van der Waals surface area contributed by atoms with Crippen molar-refractivity contribution in [2.45, 2.75) is 45.6 Å². The van der Waals surface area contributed by atoms with Crippen LogP contribution < -0.4 is 10.1 Å². The second-order valence-corrected chi connectivity index (χ2v) is 5.99. The minimum atomic E-state index is 0.459. The van der Waals surface area contributed by atoms with Crippen molar-refractivity contribution >= 4 is 0 Å². The summed E-state index contributed by atoms with van der Waals surface area (Å²) in [4.78, 5) is 0. The van der Waals surface area contributed by atoms with Crippen LogP contribution in [0.4, 0.5) is 0 Å². The van der Waals surface area contributed by atoms with E-state index < -0.39 is 0 Å². The van der Waals surface area contributed by atoms with E-state index in [-0.39, 0.29) is 0 Å². The average molecular weight is 278 g/mol. The van der Waals surface area contributed by atoms with Crippen LogP contribution in [-0.2, 0) is 4.74 Å². The molecule has 112 valence electrons. The van der Waals surface area contributed by atoms with Gasteiger partial charge in [0.2, 0.25) is 0 Å². The largest absolute Gasteiger partial charge is 0.487 e. The molecule has 2 rings (SSSR count). The van der Waals surface area contributed by atoms with Gasteiger partial charge < -0.3 is 14.8 Å². The Morgan fingerprint density at radius 1 is 1.40 bits per heavy atom. The number of quaternary nitrogens is 1. The SMILES string of the molecule is Cc1ccc(C(C)C)c(OCC[NH2+]C[C@@H]2CCCO2)c1. The number of ether oxygens (including phenoxy) is 2. The molecule has 0 radical (unpaired) electrons. The van der Waals surface area contributed by atoms with Crippen LogP contribution in [0.2, 0.25) is 0 Å². The van der Waals surface area contributed by atoms with Gasteiger partial charge in [0.05, 0.1) is 0 Å². The van der Waals surface area contributed by atoms with Crippen molar-refractivity contribution in [3.05, 3.63) is 29.3 Å². The molecule has 1 heterocycles. The van der Waals surface area contributed by atoms with E-state index in [1.807, 2.05) is 0 Å². The Kier molecular flexibility index (Phi) is 5.86. The van der Waals surface area contributed by atoms with Crippen molar-refractivity contribution in [2.75, 3.05) is 26.3 Å². The lowest BCUT2D eigenvalue weighted by molar-refractivity contribution is -0.661. The zero-order valence-electron chi connectivity index (χ0n) is 13.0. The fourth-order valence-electron chi connectivity index (χ4n) is 2.63. The molecule has 1 aromatic carbocycles. The van der Waals surface area contributed by atoms with Gasteiger partial charge in [-0.15, -0.1) is 0 Å². The summed E-state index contributed by atoms with van der Waals surface area (Å²) in [6.45, 7) is 10.3. The highest BCUT2D eigenvalue weighted by atomic mass is 16.5. The number of hydrogen-bond acceptors (Lipinski definition) is 2. The number of benzene rings is 1. The molecule has 0 aliphatic carbocycles. The van der Waals surface area contributed by atoms with E-state index in [4.69, 9.17) is 9.47 Å². The maximum Gasteiger partial charge on any atom is 0.137 e. The van der Waals surface area contributed by atoms with Crippen molar-refractivity contribution in [1.82, 2.24) is 0 Å². The van der Waals surface area contributed by atoms with Gasteiger partial charge in [-0.05, 0) is 42.9 Å². The van der Waals surface area contributed by atoms with Crippen molar-refractivity contribution < 1.29 is 14.8 Å². The first-order valence-corrected chi connectivity index (χ1v) is 7.83. The fraction of sp³-hybridized carbons (Fsp3) is 0.647. The summed E-state index contributed by atoms with van der Waals surface area (Å²) in [5.74, 6) is 1.55. The highest BCUT2D eigenvalue weighted by Gasteiger charge is 2.16. The lowest BCUT2D eigenvalue weighted by atomic mass is 10.0. The molecule has 1 saturated heterocycles. The van der Waals surface area contributed by atoms with Crippen LogP contribution in [0, 0.1) is 6.92 Å². The number of hydrogen-bond donors (Lipinski definition) is 1. The minimum Gasteiger partial charge on any atom is -0.487 e. The molecule has 2 N–H and O–H groups in total. The number of nitrogens with two attached hydrogens (primary N) is 1. The van der Waals surface area contributed by atoms with E-state index in [0.717, 1.165) is 32.1 Å². The topological polar surface area (TPSA) is 35.1 Å². The van der Waals surface area contributed by atoms with Crippen LogP contribution in [0.15, 0.2) is 18.2 Å². The van der Waals surface area contributed by atoms with Gasteiger partial charge in [-0.2, -0.15) is 0 Å². The molecular weight excluding hydrogens is 250 g/mol. The lowest BCUT2D eigenvalue weighted by Gasteiger charge is -2.15. The van der Waals surface area contributed by atoms with E-state index in [1.165, 1.54) is 24.0 Å². The smallest absolute Gasteiger partial charge is 0.137 e. The Bertz CT molecular complexity index is 411. The molecule has 1 aromatic rings. The standard InChI is InChI=1S/C17H27NO2/c1-13(2)16-7-6-14(3)11-17(16)20-10-8-18-12-15-5-4-9-19-15/h6-7,11,13,15,18H,4-5,8-10,12H2,1-3H3/p+1/t15-/m0/s1. The maximum atomic E-state index is 5.97. The van der Waals surface area contributed by atoms with Crippen LogP contribution in [0.5, 0.6) is 5.75 Å². The van der Waals surface area contributed by atoms with E-state index in [2.05, 4.69) is 44.3 Å². The summed E-state index contributed by atoms with van der Waals surface area (Å²) < 4.78 is 11.6. The molecule has 0 amide bonds. The Morgan fingerprint density at radius 3 is 2.95 bits per heavy atom. The fourth-order valence-corrected chi connectivity index (χ4v) is 2.63. The van der Waals surface area contributed by atoms with E-state index in [9.17, 15) is 0 Å². The van der Waals surface area contributed by atoms with Crippen LogP contribution >= 0.6 is 0 Å². The summed E-state index contributed by atoms with van der Waals surface area (Å²) in [7, 11) is 0. The first-order chi connectivity index (χ1) is 9.66. The second kappa shape index (κ2) is 7.65. The van der Waals surface area contributed by atoms with Crippen LogP contribution in [0.25, 0.3) is 0 Å². The summed E-state index contributed by atoms with van der Waals surface area (Å²) >= 11 is 0. The van der Waals surface area contributed by atoms with Gasteiger partial charge in [0.25, 0.3) is 0 Å². The van der Waals surface area contributed by atoms with Gasteiger partial charge in [-0.3, -0.25) is 0 Å². The Morgan fingerprint density at radius 2 is 2.25 bits per heavy atom. The molecule has 1 aliphatic heterocycles. The summed E-state index contributed by atoms with van der Waals surface area (Å²) in [5, 5.41) is 2.31. The normalized spacial score (nSPS) is 18.7. The predicted octanol–water partition coefficient (Wildman–Crippen LogP) is 2.24. The lowest BCUT2D eigenvalue weighted by Crippen LogP contribution is -2.87. The first-order valence-electron chi connectivity index (χ1n) is 7.83. The van der Waals surface area contributed by atoms with Crippen molar-refractivity contribution in [1.29, 1.82) is 0 Å². The molecule has 1 aliphatic rings. The van der Waals surface area contributed by atoms with Gasteiger partial charge in [0.1, 0.15) is 31.5 Å². The molecule has 0 saturated carbocycles. The van der Waals surface area contributed by atoms with Crippen molar-refractivity contribution in [3.63, 3.8) is 0 Å². The average Bonchev–Trinajstić information content (AvgIpc) is 2.91. The summed E-state index contributed by atoms with van der Waals surface area (Å²) in [6.07, 6.45) is 2.89. The van der Waals surface area contributed by atoms with Crippen molar-refractivity contribution in [2.24, 2.45) is 0 Å². The van der Waals surface area contributed by atoms with Gasteiger partial charge in [0, 0.05) is 6.61 Å². The number of rotatable bonds is 7. The first kappa shape index (κ1) is 15.3. The molecule has 0 spiro atoms. The minimum absolute atomic E-state index is 0.459. The second-order valence-electron chi connectivity index (χ2n) is 5.99.